The Morgan fingerprint density at radius 3 is 2.69 bits per heavy atom. The van der Waals surface area contributed by atoms with Crippen LogP contribution in [0.15, 0.2) is 42.1 Å². The average Bonchev–Trinajstić information content (AvgIpc) is 2.84. The molecular weight excluding hydrogens is 458 g/mol. The van der Waals surface area contributed by atoms with Gasteiger partial charge in [-0.15, -0.1) is 0 Å². The van der Waals surface area contributed by atoms with Crippen molar-refractivity contribution in [2.75, 3.05) is 27.3 Å². The SMILES string of the molecule is CNC[C@H](C)CCCCCC(=O)CC(=O)/C=C(\CO)c1cc(OC)c(O)cc1CC1=CNC(N)C=C1. The van der Waals surface area contributed by atoms with Crippen molar-refractivity contribution in [2.45, 2.75) is 58.0 Å². The first-order chi connectivity index (χ1) is 17.3. The van der Waals surface area contributed by atoms with Gasteiger partial charge in [0.25, 0.3) is 0 Å². The Kier molecular flexibility index (Phi) is 12.4. The summed E-state index contributed by atoms with van der Waals surface area (Å²) in [5.41, 5.74) is 8.37. The van der Waals surface area contributed by atoms with Crippen LogP contribution < -0.4 is 21.1 Å². The van der Waals surface area contributed by atoms with E-state index in [4.69, 9.17) is 10.5 Å². The van der Waals surface area contributed by atoms with Crippen molar-refractivity contribution >= 4 is 17.1 Å². The summed E-state index contributed by atoms with van der Waals surface area (Å²) in [5, 5.41) is 26.6. The Balaban J connectivity index is 2.06. The molecule has 2 rings (SSSR count). The van der Waals surface area contributed by atoms with Gasteiger partial charge in [-0.2, -0.15) is 0 Å². The lowest BCUT2D eigenvalue weighted by atomic mass is 9.92. The Hall–Kier alpha value is -2.94. The average molecular weight is 500 g/mol. The number of carbonyl (C=O) groups is 2. The number of aromatic hydroxyl groups is 1. The van der Waals surface area contributed by atoms with Crippen LogP contribution in [-0.4, -0.2) is 55.3 Å². The molecule has 2 atom stereocenters. The second kappa shape index (κ2) is 15.2. The van der Waals surface area contributed by atoms with Gasteiger partial charge in [0, 0.05) is 12.6 Å². The molecule has 0 aromatic heterocycles. The molecule has 36 heavy (non-hydrogen) atoms. The molecule has 0 fully saturated rings. The molecule has 0 bridgehead atoms. The molecule has 0 saturated heterocycles. The first-order valence-electron chi connectivity index (χ1n) is 12.6. The van der Waals surface area contributed by atoms with Gasteiger partial charge in [-0.3, -0.25) is 9.59 Å². The second-order valence-corrected chi connectivity index (χ2v) is 9.40. The van der Waals surface area contributed by atoms with Crippen molar-refractivity contribution < 1.29 is 24.5 Å². The maximum absolute atomic E-state index is 12.7. The number of aliphatic hydroxyl groups is 1. The van der Waals surface area contributed by atoms with Crippen LogP contribution in [0.25, 0.3) is 5.57 Å². The van der Waals surface area contributed by atoms with Crippen LogP contribution in [0.5, 0.6) is 11.5 Å². The molecule has 0 aliphatic carbocycles. The number of hydrogen-bond donors (Lipinski definition) is 5. The summed E-state index contributed by atoms with van der Waals surface area (Å²) in [6.07, 6.45) is 11.1. The van der Waals surface area contributed by atoms with Crippen molar-refractivity contribution in [1.82, 2.24) is 10.6 Å². The third-order valence-corrected chi connectivity index (χ3v) is 6.21. The van der Waals surface area contributed by atoms with Crippen LogP contribution in [0.1, 0.15) is 56.6 Å². The third-order valence-electron chi connectivity index (χ3n) is 6.21. The molecule has 1 aromatic carbocycles. The Morgan fingerprint density at radius 1 is 1.28 bits per heavy atom. The summed E-state index contributed by atoms with van der Waals surface area (Å²) in [6, 6.07) is 3.16. The standard InChI is InChI=1S/C28H41N3O5/c1-19(16-30-2)7-5-4-6-8-23(33)14-24(34)12-22(18-32)25-15-27(36-3)26(35)13-21(25)11-20-9-10-28(29)31-17-20/h9-10,12-13,15,17,19,28,30-32,35H,4-8,11,14,16,18,29H2,1-3H3/b22-12+/t19-,28?/m1/s1. The fraction of sp³-hybridized carbons (Fsp3) is 0.500. The molecule has 8 heteroatoms. The van der Waals surface area contributed by atoms with E-state index in [-0.39, 0.29) is 35.7 Å². The number of carbonyl (C=O) groups excluding carboxylic acids is 2. The van der Waals surface area contributed by atoms with Crippen LogP contribution in [0.4, 0.5) is 0 Å². The van der Waals surface area contributed by atoms with Gasteiger partial charge in [0.05, 0.1) is 26.3 Å². The van der Waals surface area contributed by atoms with Gasteiger partial charge in [-0.25, -0.2) is 0 Å². The first kappa shape index (κ1) is 29.3. The van der Waals surface area contributed by atoms with E-state index >= 15 is 0 Å². The Labute approximate surface area is 214 Å². The van der Waals surface area contributed by atoms with Gasteiger partial charge < -0.3 is 31.3 Å². The molecule has 0 amide bonds. The molecule has 1 aliphatic heterocycles. The molecule has 0 spiro atoms. The van der Waals surface area contributed by atoms with Gasteiger partial charge >= 0.3 is 0 Å². The van der Waals surface area contributed by atoms with E-state index < -0.39 is 6.61 Å². The number of ketones is 2. The summed E-state index contributed by atoms with van der Waals surface area (Å²) in [4.78, 5) is 25.0. The molecule has 1 aliphatic rings. The number of nitrogens with one attached hydrogen (secondary N) is 2. The number of phenolic OH excluding ortho intramolecular Hbond substituents is 1. The van der Waals surface area contributed by atoms with Gasteiger partial charge in [0.1, 0.15) is 5.78 Å². The number of aliphatic hydroxyl groups excluding tert-OH is 1. The highest BCUT2D eigenvalue weighted by atomic mass is 16.5. The van der Waals surface area contributed by atoms with Crippen LogP contribution in [0.3, 0.4) is 0 Å². The molecule has 198 valence electrons. The minimum Gasteiger partial charge on any atom is -0.504 e. The highest BCUT2D eigenvalue weighted by Gasteiger charge is 2.17. The number of rotatable bonds is 16. The lowest BCUT2D eigenvalue weighted by molar-refractivity contribution is -0.124. The van der Waals surface area contributed by atoms with E-state index in [0.29, 0.717) is 35.5 Å². The maximum Gasteiger partial charge on any atom is 0.163 e. The zero-order valence-electron chi connectivity index (χ0n) is 21.7. The van der Waals surface area contributed by atoms with Gasteiger partial charge in [0.2, 0.25) is 0 Å². The van der Waals surface area contributed by atoms with Crippen LogP contribution in [0, 0.1) is 5.92 Å². The van der Waals surface area contributed by atoms with E-state index in [1.807, 2.05) is 19.2 Å². The predicted molar refractivity (Wildman–Crippen MR) is 143 cm³/mol. The summed E-state index contributed by atoms with van der Waals surface area (Å²) in [6.45, 7) is 2.79. The maximum atomic E-state index is 12.7. The number of allylic oxidation sites excluding steroid dienone is 3. The third kappa shape index (κ3) is 9.60. The van der Waals surface area contributed by atoms with E-state index in [9.17, 15) is 19.8 Å². The zero-order chi connectivity index (χ0) is 26.5. The number of nitrogens with two attached hydrogens (primary N) is 1. The van der Waals surface area contributed by atoms with Gasteiger partial charge in [0.15, 0.2) is 17.3 Å². The van der Waals surface area contributed by atoms with Crippen molar-refractivity contribution in [2.24, 2.45) is 11.7 Å². The number of ether oxygens (including phenoxy) is 1. The van der Waals surface area contributed by atoms with Crippen LogP contribution in [0.2, 0.25) is 0 Å². The molecule has 1 aromatic rings. The summed E-state index contributed by atoms with van der Waals surface area (Å²) in [5.74, 6) is 0.348. The summed E-state index contributed by atoms with van der Waals surface area (Å²) in [7, 11) is 3.38. The molecule has 0 saturated carbocycles. The van der Waals surface area contributed by atoms with Crippen molar-refractivity contribution in [3.63, 3.8) is 0 Å². The van der Waals surface area contributed by atoms with Crippen molar-refractivity contribution in [1.29, 1.82) is 0 Å². The number of hydrogen-bond acceptors (Lipinski definition) is 8. The minimum atomic E-state index is -0.399. The molecule has 0 radical (unpaired) electrons. The van der Waals surface area contributed by atoms with E-state index in [1.54, 1.807) is 18.3 Å². The molecular formula is C28H41N3O5. The fourth-order valence-electron chi connectivity index (χ4n) is 4.26. The number of dihydropyridines is 1. The first-order valence-corrected chi connectivity index (χ1v) is 12.6. The molecule has 1 unspecified atom stereocenters. The smallest absolute Gasteiger partial charge is 0.163 e. The van der Waals surface area contributed by atoms with E-state index in [1.165, 1.54) is 13.2 Å². The Morgan fingerprint density at radius 2 is 2.06 bits per heavy atom. The lowest BCUT2D eigenvalue weighted by Gasteiger charge is -2.18. The van der Waals surface area contributed by atoms with Crippen LogP contribution in [-0.2, 0) is 16.0 Å². The summed E-state index contributed by atoms with van der Waals surface area (Å²) < 4.78 is 5.24. The molecule has 6 N–H and O–H groups in total. The van der Waals surface area contributed by atoms with Crippen molar-refractivity contribution in [3.05, 3.63) is 53.3 Å². The zero-order valence-corrected chi connectivity index (χ0v) is 21.7. The number of phenols is 1. The van der Waals surface area contributed by atoms with E-state index in [0.717, 1.165) is 37.8 Å². The number of benzene rings is 1. The quantitative estimate of drug-likeness (QED) is 0.133. The minimum absolute atomic E-state index is 0.0413. The monoisotopic (exact) mass is 499 g/mol. The van der Waals surface area contributed by atoms with Crippen LogP contribution >= 0.6 is 0 Å². The van der Waals surface area contributed by atoms with E-state index in [2.05, 4.69) is 17.6 Å². The normalized spacial score (nSPS) is 16.3. The fourth-order valence-corrected chi connectivity index (χ4v) is 4.26. The topological polar surface area (TPSA) is 134 Å². The number of methoxy groups -OCH3 is 1. The largest absolute Gasteiger partial charge is 0.504 e. The second-order valence-electron chi connectivity index (χ2n) is 9.40. The lowest BCUT2D eigenvalue weighted by Crippen LogP contribution is -2.33. The highest BCUT2D eigenvalue weighted by Crippen LogP contribution is 2.34. The Bertz CT molecular complexity index is 984. The number of unbranched alkanes of at least 4 members (excludes halogenated alkanes) is 2. The predicted octanol–water partition coefficient (Wildman–Crippen LogP) is 2.98. The van der Waals surface area contributed by atoms with Gasteiger partial charge in [-0.05, 0) is 85.3 Å². The molecule has 8 nitrogen and oxygen atoms in total. The summed E-state index contributed by atoms with van der Waals surface area (Å²) >= 11 is 0. The molecule has 1 heterocycles. The van der Waals surface area contributed by atoms with Gasteiger partial charge in [-0.1, -0.05) is 25.8 Å². The number of Topliss-reactive ketones (excluding diaryl/α,β-unsaturated/α-hetero) is 1. The van der Waals surface area contributed by atoms with Crippen molar-refractivity contribution in [3.8, 4) is 11.5 Å². The highest BCUT2D eigenvalue weighted by molar-refractivity contribution is 6.07.